The molecule has 0 amide bonds. The molecule has 1 aliphatic rings. The molecular weight excluding hydrogens is 158 g/mol. The van der Waals surface area contributed by atoms with Crippen LogP contribution in [0.4, 0.5) is 0 Å². The van der Waals surface area contributed by atoms with E-state index < -0.39 is 0 Å². The zero-order chi connectivity index (χ0) is 8.97. The Hall–Kier alpha value is -1.03. The number of carbonyl (C=O) groups is 1. The van der Waals surface area contributed by atoms with Gasteiger partial charge in [-0.25, -0.2) is 4.79 Å². The van der Waals surface area contributed by atoms with Gasteiger partial charge in [-0.05, 0) is 6.92 Å². The van der Waals surface area contributed by atoms with Crippen LogP contribution in [0, 0.1) is 0 Å². The van der Waals surface area contributed by atoms with Gasteiger partial charge in [-0.2, -0.15) is 0 Å². The second-order valence-corrected chi connectivity index (χ2v) is 2.53. The van der Waals surface area contributed by atoms with Crippen molar-refractivity contribution in [1.82, 2.24) is 0 Å². The quantitative estimate of drug-likeness (QED) is 0.602. The van der Waals surface area contributed by atoms with Crippen molar-refractivity contribution in [3.63, 3.8) is 0 Å². The Labute approximate surface area is 71.3 Å². The number of ether oxygens (including phenoxy) is 2. The van der Waals surface area contributed by atoms with E-state index in [4.69, 9.17) is 15.2 Å². The Bertz CT molecular complexity index is 210. The Morgan fingerprint density at radius 2 is 2.50 bits per heavy atom. The fourth-order valence-corrected chi connectivity index (χ4v) is 1.01. The lowest BCUT2D eigenvalue weighted by molar-refractivity contribution is -0.139. The Morgan fingerprint density at radius 1 is 1.75 bits per heavy atom. The fourth-order valence-electron chi connectivity index (χ4n) is 1.01. The van der Waals surface area contributed by atoms with Crippen molar-refractivity contribution in [2.24, 2.45) is 5.73 Å². The lowest BCUT2D eigenvalue weighted by atomic mass is 10.1. The summed E-state index contributed by atoms with van der Waals surface area (Å²) in [6, 6.07) is 0. The number of hydrogen-bond acceptors (Lipinski definition) is 4. The van der Waals surface area contributed by atoms with E-state index in [1.165, 1.54) is 0 Å². The van der Waals surface area contributed by atoms with E-state index in [0.29, 0.717) is 30.9 Å². The minimum Gasteiger partial charge on any atom is -0.463 e. The molecule has 0 atom stereocenters. The van der Waals surface area contributed by atoms with Gasteiger partial charge in [0.15, 0.2) is 0 Å². The zero-order valence-electron chi connectivity index (χ0n) is 7.13. The first-order chi connectivity index (χ1) is 5.75. The van der Waals surface area contributed by atoms with E-state index in [0.717, 1.165) is 0 Å². The molecule has 0 unspecified atom stereocenters. The van der Waals surface area contributed by atoms with Gasteiger partial charge in [-0.1, -0.05) is 0 Å². The van der Waals surface area contributed by atoms with Gasteiger partial charge in [0.05, 0.1) is 25.4 Å². The van der Waals surface area contributed by atoms with Crippen LogP contribution in [0.2, 0.25) is 0 Å². The lowest BCUT2D eigenvalue weighted by Crippen LogP contribution is -2.23. The van der Waals surface area contributed by atoms with Gasteiger partial charge in [-0.3, -0.25) is 0 Å². The van der Waals surface area contributed by atoms with Gasteiger partial charge in [0.25, 0.3) is 0 Å². The molecule has 0 spiro atoms. The summed E-state index contributed by atoms with van der Waals surface area (Å²) in [4.78, 5) is 11.2. The van der Waals surface area contributed by atoms with Crippen molar-refractivity contribution < 1.29 is 14.3 Å². The first-order valence-corrected chi connectivity index (χ1v) is 3.98. The highest BCUT2D eigenvalue weighted by Crippen LogP contribution is 2.11. The molecule has 0 aromatic carbocycles. The molecular formula is C8H13NO3. The molecule has 1 aliphatic heterocycles. The molecule has 68 valence electrons. The van der Waals surface area contributed by atoms with Gasteiger partial charge in [-0.15, -0.1) is 0 Å². The van der Waals surface area contributed by atoms with Crippen LogP contribution in [0.25, 0.3) is 0 Å². The summed E-state index contributed by atoms with van der Waals surface area (Å²) in [6.07, 6.45) is 0.619. The van der Waals surface area contributed by atoms with Gasteiger partial charge in [0, 0.05) is 12.1 Å². The molecule has 2 N–H and O–H groups in total. The molecule has 0 aliphatic carbocycles. The third kappa shape index (κ3) is 1.98. The topological polar surface area (TPSA) is 61.5 Å². The summed E-state index contributed by atoms with van der Waals surface area (Å²) in [5.41, 5.74) is 6.68. The third-order valence-electron chi connectivity index (χ3n) is 1.67. The summed E-state index contributed by atoms with van der Waals surface area (Å²) < 4.78 is 9.88. The number of esters is 1. The van der Waals surface area contributed by atoms with Crippen LogP contribution in [0.15, 0.2) is 11.3 Å². The monoisotopic (exact) mass is 171 g/mol. The Balaban J connectivity index is 2.64. The van der Waals surface area contributed by atoms with Crippen LogP contribution in [-0.2, 0) is 14.3 Å². The van der Waals surface area contributed by atoms with Gasteiger partial charge < -0.3 is 15.2 Å². The summed E-state index contributed by atoms with van der Waals surface area (Å²) >= 11 is 0. The van der Waals surface area contributed by atoms with Gasteiger partial charge in [0.2, 0.25) is 0 Å². The third-order valence-corrected chi connectivity index (χ3v) is 1.67. The van der Waals surface area contributed by atoms with Crippen LogP contribution in [0.1, 0.15) is 13.3 Å². The molecule has 0 aromatic rings. The van der Waals surface area contributed by atoms with E-state index in [1.807, 2.05) is 0 Å². The number of hydrogen-bond donors (Lipinski definition) is 1. The highest BCUT2D eigenvalue weighted by Gasteiger charge is 2.18. The number of carbonyl (C=O) groups excluding carboxylic acids is 1. The van der Waals surface area contributed by atoms with E-state index >= 15 is 0 Å². The minimum atomic E-state index is -0.352. The Kier molecular flexibility index (Phi) is 3.10. The SMILES string of the molecule is CCOC(=O)C1=C(N)CCOC1. The second kappa shape index (κ2) is 4.11. The van der Waals surface area contributed by atoms with Crippen molar-refractivity contribution in [3.8, 4) is 0 Å². The molecule has 0 fully saturated rings. The van der Waals surface area contributed by atoms with Crippen LogP contribution < -0.4 is 5.73 Å². The zero-order valence-corrected chi connectivity index (χ0v) is 7.13. The van der Waals surface area contributed by atoms with E-state index in [1.54, 1.807) is 6.92 Å². The minimum absolute atomic E-state index is 0.282. The normalized spacial score (nSPS) is 17.8. The standard InChI is InChI=1S/C8H13NO3/c1-2-12-8(10)6-5-11-4-3-7(6)9/h2-5,9H2,1H3. The average Bonchev–Trinajstić information content (AvgIpc) is 2.05. The highest BCUT2D eigenvalue weighted by molar-refractivity contribution is 5.89. The predicted octanol–water partition coefficient (Wildman–Crippen LogP) is 0.183. The molecule has 0 aromatic heterocycles. The second-order valence-electron chi connectivity index (χ2n) is 2.53. The molecule has 4 heteroatoms. The van der Waals surface area contributed by atoms with Crippen LogP contribution >= 0.6 is 0 Å². The first-order valence-electron chi connectivity index (χ1n) is 3.98. The molecule has 0 bridgehead atoms. The van der Waals surface area contributed by atoms with Crippen molar-refractivity contribution in [3.05, 3.63) is 11.3 Å². The molecule has 0 radical (unpaired) electrons. The van der Waals surface area contributed by atoms with Crippen molar-refractivity contribution in [2.45, 2.75) is 13.3 Å². The van der Waals surface area contributed by atoms with Crippen molar-refractivity contribution >= 4 is 5.97 Å². The summed E-state index contributed by atoms with van der Waals surface area (Å²) in [5, 5.41) is 0. The Morgan fingerprint density at radius 3 is 3.08 bits per heavy atom. The van der Waals surface area contributed by atoms with E-state index in [9.17, 15) is 4.79 Å². The predicted molar refractivity (Wildman–Crippen MR) is 43.3 cm³/mol. The summed E-state index contributed by atoms with van der Waals surface area (Å²) in [6.45, 7) is 3.01. The van der Waals surface area contributed by atoms with Crippen LogP contribution in [0.5, 0.6) is 0 Å². The van der Waals surface area contributed by atoms with Crippen LogP contribution in [0.3, 0.4) is 0 Å². The van der Waals surface area contributed by atoms with Gasteiger partial charge >= 0.3 is 5.97 Å². The summed E-state index contributed by atoms with van der Waals surface area (Å²) in [7, 11) is 0. The van der Waals surface area contributed by atoms with Gasteiger partial charge in [0.1, 0.15) is 0 Å². The first kappa shape index (κ1) is 9.06. The number of nitrogens with two attached hydrogens (primary N) is 1. The summed E-state index contributed by atoms with van der Waals surface area (Å²) in [5.74, 6) is -0.352. The molecule has 1 heterocycles. The largest absolute Gasteiger partial charge is 0.463 e. The number of rotatable bonds is 2. The molecule has 0 saturated carbocycles. The van der Waals surface area contributed by atoms with E-state index in [-0.39, 0.29) is 12.6 Å². The average molecular weight is 171 g/mol. The lowest BCUT2D eigenvalue weighted by Gasteiger charge is -2.16. The molecule has 12 heavy (non-hydrogen) atoms. The van der Waals surface area contributed by atoms with E-state index in [2.05, 4.69) is 0 Å². The van der Waals surface area contributed by atoms with Crippen molar-refractivity contribution in [2.75, 3.05) is 19.8 Å². The highest BCUT2D eigenvalue weighted by atomic mass is 16.5. The maximum Gasteiger partial charge on any atom is 0.338 e. The van der Waals surface area contributed by atoms with Crippen LogP contribution in [-0.4, -0.2) is 25.8 Å². The molecule has 0 saturated heterocycles. The fraction of sp³-hybridized carbons (Fsp3) is 0.625. The maximum absolute atomic E-state index is 11.2. The van der Waals surface area contributed by atoms with Crippen molar-refractivity contribution in [1.29, 1.82) is 0 Å². The molecule has 1 rings (SSSR count). The molecule has 4 nitrogen and oxygen atoms in total. The smallest absolute Gasteiger partial charge is 0.338 e. The maximum atomic E-state index is 11.2.